The molecule has 0 spiro atoms. The van der Waals surface area contributed by atoms with Gasteiger partial charge in [-0.2, -0.15) is 0 Å². The van der Waals surface area contributed by atoms with Crippen molar-refractivity contribution in [2.45, 2.75) is 70.8 Å². The normalized spacial score (nSPS) is 12.5. The van der Waals surface area contributed by atoms with E-state index in [9.17, 15) is 29.8 Å². The number of hydrogen-bond donors (Lipinski definition) is 7. The van der Waals surface area contributed by atoms with Crippen molar-refractivity contribution < 1.29 is 24.7 Å². The first-order valence-corrected chi connectivity index (χ1v) is 12.2. The average Bonchev–Trinajstić information content (AvgIpc) is 3.25. The molecule has 0 saturated carbocycles. The van der Waals surface area contributed by atoms with E-state index in [1.807, 2.05) is 31.4 Å². The maximum Gasteiger partial charge on any atom is 0.475 e. The zero-order valence-electron chi connectivity index (χ0n) is 19.6. The smallest absolute Gasteiger partial charge is 0.426 e. The van der Waals surface area contributed by atoms with Crippen LogP contribution in [0.4, 0.5) is 0 Å². The number of amides is 2. The molecule has 0 aromatic carbocycles. The SMILES string of the molecule is CC(C)C[C@H](NC(=O)[C@H](CCCNC(=N)N[N+](=O)[O-])NC(=O)CCCCc1cccs1)B(O)O. The molecule has 0 fully saturated rings. The molecule has 1 heterocycles. The fourth-order valence-electron chi connectivity index (χ4n) is 3.27. The lowest BCUT2D eigenvalue weighted by Crippen LogP contribution is -2.54. The van der Waals surface area contributed by atoms with Crippen molar-refractivity contribution in [3.8, 4) is 0 Å². The monoisotopic (exact) mass is 498 g/mol. The first-order chi connectivity index (χ1) is 16.1. The van der Waals surface area contributed by atoms with Gasteiger partial charge in [0, 0.05) is 17.8 Å². The van der Waals surface area contributed by atoms with Gasteiger partial charge in [-0.25, -0.2) is 10.1 Å². The molecule has 0 aliphatic carbocycles. The van der Waals surface area contributed by atoms with Crippen molar-refractivity contribution in [3.05, 3.63) is 32.5 Å². The summed E-state index contributed by atoms with van der Waals surface area (Å²) in [5, 5.41) is 45.9. The van der Waals surface area contributed by atoms with Gasteiger partial charge in [0.1, 0.15) is 6.04 Å². The number of nitrogens with one attached hydrogen (secondary N) is 5. The number of rotatable bonds is 16. The summed E-state index contributed by atoms with van der Waals surface area (Å²) in [7, 11) is -1.74. The summed E-state index contributed by atoms with van der Waals surface area (Å²) >= 11 is 1.67. The Balaban J connectivity index is 2.61. The van der Waals surface area contributed by atoms with Gasteiger partial charge in [-0.15, -0.1) is 11.3 Å². The molecule has 0 aliphatic heterocycles. The molecule has 7 N–H and O–H groups in total. The van der Waals surface area contributed by atoms with Crippen molar-refractivity contribution in [1.29, 1.82) is 5.41 Å². The zero-order chi connectivity index (χ0) is 25.5. The van der Waals surface area contributed by atoms with Gasteiger partial charge in [-0.3, -0.25) is 15.0 Å². The van der Waals surface area contributed by atoms with Crippen molar-refractivity contribution in [1.82, 2.24) is 21.4 Å². The number of hydrazine groups is 1. The second kappa shape index (κ2) is 16.0. The molecule has 34 heavy (non-hydrogen) atoms. The quantitative estimate of drug-likeness (QED) is 0.0430. The largest absolute Gasteiger partial charge is 0.475 e. The second-order valence-corrected chi connectivity index (χ2v) is 9.41. The molecule has 190 valence electrons. The predicted octanol–water partition coefficient (Wildman–Crippen LogP) is 0.574. The number of nitro groups is 1. The third kappa shape index (κ3) is 13.1. The summed E-state index contributed by atoms with van der Waals surface area (Å²) in [5.41, 5.74) is 1.67. The topological polar surface area (TPSA) is 190 Å². The van der Waals surface area contributed by atoms with E-state index in [2.05, 4.69) is 16.0 Å². The van der Waals surface area contributed by atoms with Crippen LogP contribution >= 0.6 is 11.3 Å². The lowest BCUT2D eigenvalue weighted by atomic mass is 9.75. The van der Waals surface area contributed by atoms with Gasteiger partial charge in [-0.1, -0.05) is 25.3 Å². The summed E-state index contributed by atoms with van der Waals surface area (Å²) in [6.45, 7) is 3.94. The summed E-state index contributed by atoms with van der Waals surface area (Å²) in [6.07, 6.45) is 3.51. The molecule has 0 bridgehead atoms. The van der Waals surface area contributed by atoms with Gasteiger partial charge in [0.15, 0.2) is 5.03 Å². The van der Waals surface area contributed by atoms with Crippen LogP contribution in [-0.4, -0.2) is 58.5 Å². The molecule has 1 aromatic heterocycles. The van der Waals surface area contributed by atoms with E-state index in [1.54, 1.807) is 16.8 Å². The third-order valence-corrected chi connectivity index (χ3v) is 5.83. The van der Waals surface area contributed by atoms with E-state index < -0.39 is 36.0 Å². The third-order valence-electron chi connectivity index (χ3n) is 4.90. The highest BCUT2D eigenvalue weighted by Gasteiger charge is 2.29. The number of thiophene rings is 1. The number of hydrogen-bond acceptors (Lipinski definition) is 8. The number of carbonyl (C=O) groups is 2. The van der Waals surface area contributed by atoms with E-state index >= 15 is 0 Å². The van der Waals surface area contributed by atoms with Crippen molar-refractivity contribution in [2.75, 3.05) is 6.54 Å². The first-order valence-electron chi connectivity index (χ1n) is 11.3. The molecule has 12 nitrogen and oxygen atoms in total. The molecule has 1 aromatic rings. The van der Waals surface area contributed by atoms with Crippen LogP contribution in [0.3, 0.4) is 0 Å². The standard InChI is InChI=1S/C20H35BN6O6S/c1-14(2)13-17(21(30)31)25-19(29)16(9-5-11-23-20(22)26-27(32)33)24-18(28)10-4-3-7-15-8-6-12-34-15/h6,8,12,14,16-17,30-31H,3-5,7,9-11,13H2,1-2H3,(H,24,28)(H,25,29)(H3,22,23,26)/t16-,17-/m0/s1. The Morgan fingerprint density at radius 3 is 2.56 bits per heavy atom. The van der Waals surface area contributed by atoms with Crippen molar-refractivity contribution in [2.24, 2.45) is 5.92 Å². The minimum absolute atomic E-state index is 0.104. The van der Waals surface area contributed by atoms with Crippen LogP contribution in [0.25, 0.3) is 0 Å². The zero-order valence-corrected chi connectivity index (χ0v) is 20.4. The molecule has 0 aliphatic rings. The van der Waals surface area contributed by atoms with E-state index in [0.717, 1.165) is 12.8 Å². The second-order valence-electron chi connectivity index (χ2n) is 8.38. The number of aryl methyl sites for hydroxylation is 1. The Labute approximate surface area is 203 Å². The van der Waals surface area contributed by atoms with Gasteiger partial charge >= 0.3 is 7.12 Å². The van der Waals surface area contributed by atoms with Gasteiger partial charge < -0.3 is 26.0 Å². The molecular formula is C20H35BN6O6S. The summed E-state index contributed by atoms with van der Waals surface area (Å²) < 4.78 is 0. The van der Waals surface area contributed by atoms with Gasteiger partial charge in [-0.05, 0) is 55.9 Å². The van der Waals surface area contributed by atoms with Gasteiger partial charge in [0.05, 0.1) is 5.94 Å². The molecule has 0 unspecified atom stereocenters. The molecule has 0 saturated heterocycles. The van der Waals surface area contributed by atoms with Crippen LogP contribution in [0.15, 0.2) is 17.5 Å². The minimum Gasteiger partial charge on any atom is -0.426 e. The highest BCUT2D eigenvalue weighted by Crippen LogP contribution is 2.13. The highest BCUT2D eigenvalue weighted by molar-refractivity contribution is 7.09. The molecular weight excluding hydrogens is 463 g/mol. The van der Waals surface area contributed by atoms with Crippen LogP contribution < -0.4 is 21.4 Å². The van der Waals surface area contributed by atoms with Crippen molar-refractivity contribution >= 4 is 36.2 Å². The van der Waals surface area contributed by atoms with E-state index in [0.29, 0.717) is 19.3 Å². The summed E-state index contributed by atoms with van der Waals surface area (Å²) in [4.78, 5) is 36.9. The lowest BCUT2D eigenvalue weighted by Gasteiger charge is -2.24. The number of guanidine groups is 1. The Bertz CT molecular complexity index is 780. The van der Waals surface area contributed by atoms with Crippen molar-refractivity contribution in [3.63, 3.8) is 0 Å². The van der Waals surface area contributed by atoms with Crippen LogP contribution in [0.1, 0.15) is 57.2 Å². The Morgan fingerprint density at radius 1 is 1.24 bits per heavy atom. The van der Waals surface area contributed by atoms with Gasteiger partial charge in [0.2, 0.25) is 11.8 Å². The number of nitrogens with zero attached hydrogens (tertiary/aromatic N) is 1. The Morgan fingerprint density at radius 2 is 1.97 bits per heavy atom. The van der Waals surface area contributed by atoms with Crippen LogP contribution in [0.2, 0.25) is 0 Å². The van der Waals surface area contributed by atoms with Crippen LogP contribution in [-0.2, 0) is 16.0 Å². The molecule has 2 amide bonds. The van der Waals surface area contributed by atoms with E-state index in [4.69, 9.17) is 5.41 Å². The fourth-order valence-corrected chi connectivity index (χ4v) is 4.02. The maximum atomic E-state index is 12.8. The molecule has 2 atom stereocenters. The van der Waals surface area contributed by atoms with Gasteiger partial charge in [0.25, 0.3) is 5.96 Å². The maximum absolute atomic E-state index is 12.8. The number of carbonyl (C=O) groups excluding carboxylic acids is 2. The average molecular weight is 498 g/mol. The van der Waals surface area contributed by atoms with Crippen LogP contribution in [0.5, 0.6) is 0 Å². The minimum atomic E-state index is -1.74. The Hall–Kier alpha value is -2.71. The Kier molecular flexibility index (Phi) is 13.8. The molecule has 14 heteroatoms. The molecule has 0 radical (unpaired) electrons. The highest BCUT2D eigenvalue weighted by atomic mass is 32.1. The fraction of sp³-hybridized carbons (Fsp3) is 0.650. The van der Waals surface area contributed by atoms with Crippen LogP contribution in [0, 0.1) is 21.4 Å². The predicted molar refractivity (Wildman–Crippen MR) is 130 cm³/mol. The molecule has 1 rings (SSSR count). The summed E-state index contributed by atoms with van der Waals surface area (Å²) in [5.74, 6) is -2.08. The van der Waals surface area contributed by atoms with E-state index in [-0.39, 0.29) is 31.2 Å². The lowest BCUT2D eigenvalue weighted by molar-refractivity contribution is -0.525. The number of unbranched alkanes of at least 4 members (excludes halogenated alkanes) is 1. The summed E-state index contributed by atoms with van der Waals surface area (Å²) in [6, 6.07) is 3.11. The van der Waals surface area contributed by atoms with E-state index in [1.165, 1.54) is 4.88 Å². The first kappa shape index (κ1) is 29.3.